The van der Waals surface area contributed by atoms with Gasteiger partial charge in [0, 0.05) is 19.3 Å². The average molecular weight is 815 g/mol. The third-order valence-electron chi connectivity index (χ3n) is 9.03. The van der Waals surface area contributed by atoms with Crippen molar-refractivity contribution in [2.75, 3.05) is 13.2 Å². The van der Waals surface area contributed by atoms with Crippen LogP contribution >= 0.6 is 0 Å². The van der Waals surface area contributed by atoms with Gasteiger partial charge in [-0.3, -0.25) is 14.4 Å². The summed E-state index contributed by atoms with van der Waals surface area (Å²) >= 11 is 0. The molecule has 330 valence electrons. The van der Waals surface area contributed by atoms with Crippen LogP contribution in [0.5, 0.6) is 0 Å². The number of rotatable bonds is 39. The van der Waals surface area contributed by atoms with E-state index in [9.17, 15) is 14.4 Å². The molecule has 0 aromatic heterocycles. The molecule has 0 spiro atoms. The lowest BCUT2D eigenvalue weighted by atomic mass is 10.1. The highest BCUT2D eigenvalue weighted by Crippen LogP contribution is 2.11. The molecule has 6 heteroatoms. The van der Waals surface area contributed by atoms with Gasteiger partial charge in [0.1, 0.15) is 13.2 Å². The lowest BCUT2D eigenvalue weighted by molar-refractivity contribution is -0.167. The second kappa shape index (κ2) is 46.5. The molecule has 0 aromatic rings. The molecule has 0 saturated heterocycles. The standard InChI is InChI=1S/C53H82O6/c1-4-7-10-13-16-19-22-24-25-26-27-29-31-34-37-40-43-46-52(55)58-49-50(48-57-51(54)45-42-39-36-33-30-21-18-15-12-9-6-3)59-53(56)47-44-41-38-35-32-28-23-20-17-14-11-8-5-2/h7-8,10-11,14-20,23-25,27-29,32,34,37,50H,4-6,9,12-13,21-22,26,30-31,33,35-36,38-49H2,1-3H3/b10-7-,11-8-,17-14-,18-15-,19-16-,23-20-,25-24-,29-27-,32-28-,37-34-. The summed E-state index contributed by atoms with van der Waals surface area (Å²) in [6.45, 7) is 6.21. The van der Waals surface area contributed by atoms with Crippen LogP contribution in [0.3, 0.4) is 0 Å². The molecule has 0 bridgehead atoms. The van der Waals surface area contributed by atoms with Crippen molar-refractivity contribution in [2.24, 2.45) is 0 Å². The Morgan fingerprint density at radius 1 is 0.373 bits per heavy atom. The van der Waals surface area contributed by atoms with E-state index in [0.717, 1.165) is 96.3 Å². The summed E-state index contributed by atoms with van der Waals surface area (Å²) < 4.78 is 16.6. The van der Waals surface area contributed by atoms with Crippen LogP contribution < -0.4 is 0 Å². The van der Waals surface area contributed by atoms with E-state index in [1.807, 2.05) is 36.5 Å². The molecule has 0 amide bonds. The highest BCUT2D eigenvalue weighted by Gasteiger charge is 2.19. The fraction of sp³-hybridized carbons (Fsp3) is 0.566. The van der Waals surface area contributed by atoms with E-state index in [2.05, 4.69) is 106 Å². The fourth-order valence-electron chi connectivity index (χ4n) is 5.58. The Morgan fingerprint density at radius 3 is 1.34 bits per heavy atom. The summed E-state index contributed by atoms with van der Waals surface area (Å²) in [6, 6.07) is 0. The van der Waals surface area contributed by atoms with E-state index in [1.165, 1.54) is 25.7 Å². The zero-order valence-electron chi connectivity index (χ0n) is 37.5. The van der Waals surface area contributed by atoms with Crippen molar-refractivity contribution in [1.29, 1.82) is 0 Å². The molecule has 0 aromatic carbocycles. The smallest absolute Gasteiger partial charge is 0.306 e. The first-order chi connectivity index (χ1) is 29.0. The second-order valence-corrected chi connectivity index (χ2v) is 14.6. The summed E-state index contributed by atoms with van der Waals surface area (Å²) in [4.78, 5) is 37.8. The van der Waals surface area contributed by atoms with E-state index < -0.39 is 6.10 Å². The molecular formula is C53H82O6. The molecule has 0 aliphatic rings. The van der Waals surface area contributed by atoms with Gasteiger partial charge in [-0.2, -0.15) is 0 Å². The van der Waals surface area contributed by atoms with Crippen LogP contribution in [0, 0.1) is 0 Å². The lowest BCUT2D eigenvalue weighted by Gasteiger charge is -2.18. The molecule has 0 fully saturated rings. The van der Waals surface area contributed by atoms with Gasteiger partial charge in [0.05, 0.1) is 0 Å². The van der Waals surface area contributed by atoms with Gasteiger partial charge in [-0.25, -0.2) is 0 Å². The number of hydrogen-bond acceptors (Lipinski definition) is 6. The number of carbonyl (C=O) groups excluding carboxylic acids is 3. The van der Waals surface area contributed by atoms with Gasteiger partial charge in [0.25, 0.3) is 0 Å². The topological polar surface area (TPSA) is 78.9 Å². The van der Waals surface area contributed by atoms with Crippen LogP contribution in [0.4, 0.5) is 0 Å². The highest BCUT2D eigenvalue weighted by atomic mass is 16.6. The highest BCUT2D eigenvalue weighted by molar-refractivity contribution is 5.71. The van der Waals surface area contributed by atoms with Gasteiger partial charge in [0.2, 0.25) is 0 Å². The molecule has 59 heavy (non-hydrogen) atoms. The van der Waals surface area contributed by atoms with E-state index in [4.69, 9.17) is 14.2 Å². The maximum atomic E-state index is 12.7. The van der Waals surface area contributed by atoms with Crippen LogP contribution in [-0.4, -0.2) is 37.2 Å². The summed E-state index contributed by atoms with van der Waals surface area (Å²) in [5, 5.41) is 0. The molecule has 0 aliphatic carbocycles. The Hall–Kier alpha value is -4.19. The largest absolute Gasteiger partial charge is 0.462 e. The van der Waals surface area contributed by atoms with Crippen molar-refractivity contribution in [3.8, 4) is 0 Å². The first-order valence-corrected chi connectivity index (χ1v) is 23.1. The van der Waals surface area contributed by atoms with Gasteiger partial charge in [-0.1, -0.05) is 181 Å². The molecule has 0 saturated carbocycles. The van der Waals surface area contributed by atoms with Crippen LogP contribution in [0.15, 0.2) is 122 Å². The summed E-state index contributed by atoms with van der Waals surface area (Å²) in [5.74, 6) is -1.04. The minimum absolute atomic E-state index is 0.120. The molecule has 1 atom stereocenters. The van der Waals surface area contributed by atoms with Crippen molar-refractivity contribution >= 4 is 17.9 Å². The quantitative estimate of drug-likeness (QED) is 0.0202. The molecule has 0 heterocycles. The summed E-state index contributed by atoms with van der Waals surface area (Å²) in [6.07, 6.45) is 63.3. The van der Waals surface area contributed by atoms with Crippen molar-refractivity contribution < 1.29 is 28.6 Å². The molecule has 0 rings (SSSR count). The normalized spacial score (nSPS) is 13.2. The summed E-state index contributed by atoms with van der Waals surface area (Å²) in [5.41, 5.74) is 0. The lowest BCUT2D eigenvalue weighted by Crippen LogP contribution is -2.30. The van der Waals surface area contributed by atoms with Gasteiger partial charge in [-0.05, 0) is 96.3 Å². The number of esters is 3. The maximum absolute atomic E-state index is 12.7. The molecule has 1 unspecified atom stereocenters. The Kier molecular flexibility index (Phi) is 43.2. The minimum atomic E-state index is -0.826. The SMILES string of the molecule is CC\C=C/C=C\C=C/C=C\CCCCCC(=O)OC(COC(=O)CCC/C=C\C/C=C\C/C=C\C/C=C\C/C=C\CC)COC(=O)CCCCCCC/C=C\CCCC. The van der Waals surface area contributed by atoms with Crippen LogP contribution in [0.2, 0.25) is 0 Å². The predicted molar refractivity (Wildman–Crippen MR) is 251 cm³/mol. The number of allylic oxidation sites excluding steroid dienone is 20. The molecular weight excluding hydrogens is 733 g/mol. The van der Waals surface area contributed by atoms with E-state index in [0.29, 0.717) is 19.3 Å². The Morgan fingerprint density at radius 2 is 0.763 bits per heavy atom. The monoisotopic (exact) mass is 815 g/mol. The van der Waals surface area contributed by atoms with Gasteiger partial charge in [0.15, 0.2) is 6.10 Å². The number of carbonyl (C=O) groups is 3. The Bertz CT molecular complexity index is 1300. The first-order valence-electron chi connectivity index (χ1n) is 23.1. The van der Waals surface area contributed by atoms with Crippen LogP contribution in [0.1, 0.15) is 175 Å². The summed E-state index contributed by atoms with van der Waals surface area (Å²) in [7, 11) is 0. The molecule has 0 N–H and O–H groups in total. The van der Waals surface area contributed by atoms with Crippen molar-refractivity contribution in [3.05, 3.63) is 122 Å². The predicted octanol–water partition coefficient (Wildman–Crippen LogP) is 15.0. The molecule has 6 nitrogen and oxygen atoms in total. The third kappa shape index (κ3) is 44.8. The van der Waals surface area contributed by atoms with Gasteiger partial charge >= 0.3 is 17.9 Å². The third-order valence-corrected chi connectivity index (χ3v) is 9.03. The zero-order chi connectivity index (χ0) is 43.0. The maximum Gasteiger partial charge on any atom is 0.306 e. The Balaban J connectivity index is 4.57. The van der Waals surface area contributed by atoms with Crippen LogP contribution in [0.25, 0.3) is 0 Å². The molecule has 0 radical (unpaired) electrons. The number of ether oxygens (including phenoxy) is 3. The Labute approximate surface area is 361 Å². The van der Waals surface area contributed by atoms with E-state index >= 15 is 0 Å². The number of unbranched alkanes of at least 4 members (excludes halogenated alkanes) is 11. The van der Waals surface area contributed by atoms with Crippen molar-refractivity contribution in [2.45, 2.75) is 181 Å². The minimum Gasteiger partial charge on any atom is -0.462 e. The van der Waals surface area contributed by atoms with E-state index in [-0.39, 0.29) is 44.0 Å². The van der Waals surface area contributed by atoms with Crippen molar-refractivity contribution in [1.82, 2.24) is 0 Å². The fourth-order valence-corrected chi connectivity index (χ4v) is 5.58. The molecule has 0 aliphatic heterocycles. The number of hydrogen-bond donors (Lipinski definition) is 0. The van der Waals surface area contributed by atoms with Crippen LogP contribution in [-0.2, 0) is 28.6 Å². The van der Waals surface area contributed by atoms with Gasteiger partial charge in [-0.15, -0.1) is 0 Å². The van der Waals surface area contributed by atoms with Crippen molar-refractivity contribution in [3.63, 3.8) is 0 Å². The average Bonchev–Trinajstić information content (AvgIpc) is 3.23. The van der Waals surface area contributed by atoms with E-state index in [1.54, 1.807) is 0 Å². The first kappa shape index (κ1) is 54.8. The zero-order valence-corrected chi connectivity index (χ0v) is 37.5. The van der Waals surface area contributed by atoms with Gasteiger partial charge < -0.3 is 14.2 Å². The second-order valence-electron chi connectivity index (χ2n) is 14.6.